The summed E-state index contributed by atoms with van der Waals surface area (Å²) >= 11 is 1.26. The molecule has 3 heterocycles. The molecule has 30 heavy (non-hydrogen) atoms. The van der Waals surface area contributed by atoms with Crippen LogP contribution in [0.3, 0.4) is 0 Å². The lowest BCUT2D eigenvalue weighted by molar-refractivity contribution is -0.384. The number of rotatable bonds is 8. The smallest absolute Gasteiger partial charge is 0.269 e. The molecule has 1 saturated heterocycles. The van der Waals surface area contributed by atoms with Gasteiger partial charge in [-0.25, -0.2) is 0 Å². The van der Waals surface area contributed by atoms with Crippen LogP contribution in [-0.4, -0.2) is 44.1 Å². The summed E-state index contributed by atoms with van der Waals surface area (Å²) in [7, 11) is 0. The Bertz CT molecular complexity index is 1010. The molecule has 1 fully saturated rings. The first-order chi connectivity index (χ1) is 14.6. The third kappa shape index (κ3) is 4.69. The topological polar surface area (TPSA) is 125 Å². The Labute approximate surface area is 175 Å². The van der Waals surface area contributed by atoms with Crippen LogP contribution in [0.2, 0.25) is 0 Å². The van der Waals surface area contributed by atoms with Crippen molar-refractivity contribution in [1.29, 1.82) is 0 Å². The molecule has 2 aromatic heterocycles. The average Bonchev–Trinajstić information content (AvgIpc) is 3.50. The lowest BCUT2D eigenvalue weighted by Crippen LogP contribution is -2.18. The van der Waals surface area contributed by atoms with Crippen LogP contribution in [0.1, 0.15) is 12.8 Å². The van der Waals surface area contributed by atoms with E-state index < -0.39 is 4.92 Å². The summed E-state index contributed by atoms with van der Waals surface area (Å²) in [5, 5.41) is 22.5. The fraction of sp³-hybridized carbons (Fsp3) is 0.316. The summed E-state index contributed by atoms with van der Waals surface area (Å²) in [5.74, 6) is 1.05. The Morgan fingerprint density at radius 2 is 2.13 bits per heavy atom. The molecule has 4 rings (SSSR count). The van der Waals surface area contributed by atoms with Gasteiger partial charge >= 0.3 is 0 Å². The standard InChI is InChI=1S/C19H19N5O5S/c25-17(20-13-5-7-14(8-6-13)24(26)27)12-30-19-22-21-18(16-4-2-10-29-16)23(19)11-15-3-1-9-28-15/h2,4-8,10,15H,1,3,9,11-12H2,(H,20,25). The van der Waals surface area contributed by atoms with Gasteiger partial charge in [0.2, 0.25) is 11.7 Å². The van der Waals surface area contributed by atoms with Crippen LogP contribution in [0, 0.1) is 10.1 Å². The number of amides is 1. The minimum absolute atomic E-state index is 0.0323. The number of carbonyl (C=O) groups excluding carboxylic acids is 1. The zero-order chi connectivity index (χ0) is 20.9. The predicted octanol–water partition coefficient (Wildman–Crippen LogP) is 3.36. The summed E-state index contributed by atoms with van der Waals surface area (Å²) in [6.45, 7) is 1.32. The molecule has 10 nitrogen and oxygen atoms in total. The van der Waals surface area contributed by atoms with Gasteiger partial charge in [0.25, 0.3) is 5.69 Å². The average molecular weight is 429 g/mol. The van der Waals surface area contributed by atoms with Crippen LogP contribution in [0.5, 0.6) is 0 Å². The maximum atomic E-state index is 12.3. The molecule has 156 valence electrons. The van der Waals surface area contributed by atoms with Gasteiger partial charge < -0.3 is 14.5 Å². The van der Waals surface area contributed by atoms with Gasteiger partial charge in [-0.15, -0.1) is 10.2 Å². The molecule has 0 aliphatic carbocycles. The van der Waals surface area contributed by atoms with E-state index in [1.54, 1.807) is 12.3 Å². The number of nitrogens with one attached hydrogen (secondary N) is 1. The molecule has 0 saturated carbocycles. The second-order valence-electron chi connectivity index (χ2n) is 6.67. The Morgan fingerprint density at radius 1 is 1.30 bits per heavy atom. The monoisotopic (exact) mass is 429 g/mol. The molecule has 1 aromatic carbocycles. The van der Waals surface area contributed by atoms with Crippen molar-refractivity contribution in [2.75, 3.05) is 17.7 Å². The number of hydrogen-bond donors (Lipinski definition) is 1. The minimum Gasteiger partial charge on any atom is -0.461 e. The maximum absolute atomic E-state index is 12.3. The Kier molecular flexibility index (Phi) is 6.10. The maximum Gasteiger partial charge on any atom is 0.269 e. The highest BCUT2D eigenvalue weighted by Gasteiger charge is 2.23. The number of hydrogen-bond acceptors (Lipinski definition) is 8. The number of non-ortho nitro benzene ring substituents is 1. The van der Waals surface area contributed by atoms with E-state index in [0.29, 0.717) is 29.0 Å². The SMILES string of the molecule is O=C(CSc1nnc(-c2ccco2)n1CC1CCCO1)Nc1ccc([N+](=O)[O-])cc1. The highest BCUT2D eigenvalue weighted by molar-refractivity contribution is 7.99. The summed E-state index contributed by atoms with van der Waals surface area (Å²) < 4.78 is 13.1. The van der Waals surface area contributed by atoms with Crippen LogP contribution in [0.15, 0.2) is 52.2 Å². The highest BCUT2D eigenvalue weighted by atomic mass is 32.2. The summed E-state index contributed by atoms with van der Waals surface area (Å²) in [6.07, 6.45) is 3.62. The molecular formula is C19H19N5O5S. The number of ether oxygens (including phenoxy) is 1. The number of nitro benzene ring substituents is 1. The van der Waals surface area contributed by atoms with Gasteiger partial charge in [-0.3, -0.25) is 19.5 Å². The van der Waals surface area contributed by atoms with Crippen LogP contribution >= 0.6 is 11.8 Å². The van der Waals surface area contributed by atoms with Gasteiger partial charge in [0.05, 0.1) is 29.6 Å². The zero-order valence-corrected chi connectivity index (χ0v) is 16.7. The second-order valence-corrected chi connectivity index (χ2v) is 7.61. The van der Waals surface area contributed by atoms with Crippen molar-refractivity contribution < 1.29 is 18.9 Å². The van der Waals surface area contributed by atoms with Crippen LogP contribution < -0.4 is 5.32 Å². The second kappa shape index (κ2) is 9.09. The molecule has 1 atom stereocenters. The van der Waals surface area contributed by atoms with E-state index >= 15 is 0 Å². The molecule has 1 unspecified atom stereocenters. The van der Waals surface area contributed by atoms with Crippen molar-refractivity contribution in [2.45, 2.75) is 30.6 Å². The molecule has 1 N–H and O–H groups in total. The fourth-order valence-electron chi connectivity index (χ4n) is 3.13. The van der Waals surface area contributed by atoms with Gasteiger partial charge in [0, 0.05) is 24.4 Å². The van der Waals surface area contributed by atoms with Crippen molar-refractivity contribution in [3.05, 3.63) is 52.8 Å². The largest absolute Gasteiger partial charge is 0.461 e. The van der Waals surface area contributed by atoms with Crippen molar-refractivity contribution in [3.63, 3.8) is 0 Å². The number of benzene rings is 1. The number of furan rings is 1. The molecule has 3 aromatic rings. The van der Waals surface area contributed by atoms with Crippen molar-refractivity contribution >= 4 is 29.0 Å². The third-order valence-corrected chi connectivity index (χ3v) is 5.53. The Hall–Kier alpha value is -3.18. The summed E-state index contributed by atoms with van der Waals surface area (Å²) in [5.41, 5.74) is 0.457. The first-order valence-electron chi connectivity index (χ1n) is 9.36. The first kappa shape index (κ1) is 20.1. The van der Waals surface area contributed by atoms with Crippen molar-refractivity contribution in [2.24, 2.45) is 0 Å². The molecule has 1 aliphatic rings. The number of aromatic nitrogens is 3. The molecule has 1 amide bonds. The van der Waals surface area contributed by atoms with Gasteiger partial charge in [0.1, 0.15) is 0 Å². The number of thioether (sulfide) groups is 1. The van der Waals surface area contributed by atoms with Gasteiger partial charge in [-0.2, -0.15) is 0 Å². The third-order valence-electron chi connectivity index (χ3n) is 4.56. The van der Waals surface area contributed by atoms with Crippen molar-refractivity contribution in [3.8, 4) is 11.6 Å². The lowest BCUT2D eigenvalue weighted by Gasteiger charge is -2.13. The van der Waals surface area contributed by atoms with Crippen molar-refractivity contribution in [1.82, 2.24) is 14.8 Å². The number of anilines is 1. The van der Waals surface area contributed by atoms with Gasteiger partial charge in [0.15, 0.2) is 10.9 Å². The predicted molar refractivity (Wildman–Crippen MR) is 109 cm³/mol. The normalized spacial score (nSPS) is 15.9. The number of nitrogens with zero attached hydrogens (tertiary/aromatic N) is 4. The highest BCUT2D eigenvalue weighted by Crippen LogP contribution is 2.27. The molecule has 11 heteroatoms. The van der Waals surface area contributed by atoms with E-state index in [1.807, 2.05) is 10.6 Å². The quantitative estimate of drug-likeness (QED) is 0.328. The van der Waals surface area contributed by atoms with E-state index in [2.05, 4.69) is 15.5 Å². The van der Waals surface area contributed by atoms with E-state index in [1.165, 1.54) is 36.0 Å². The summed E-state index contributed by atoms with van der Waals surface area (Å²) in [6, 6.07) is 9.27. The number of nitro groups is 1. The first-order valence-corrected chi connectivity index (χ1v) is 10.3. The Balaban J connectivity index is 1.43. The van der Waals surface area contributed by atoms with Gasteiger partial charge in [-0.05, 0) is 37.1 Å². The molecule has 0 spiro atoms. The fourth-order valence-corrected chi connectivity index (χ4v) is 3.88. The van der Waals surface area contributed by atoms with E-state index in [4.69, 9.17) is 9.15 Å². The number of carbonyl (C=O) groups is 1. The van der Waals surface area contributed by atoms with E-state index in [-0.39, 0.29) is 23.5 Å². The van der Waals surface area contributed by atoms with Crippen LogP contribution in [0.4, 0.5) is 11.4 Å². The minimum atomic E-state index is -0.487. The van der Waals surface area contributed by atoms with Gasteiger partial charge in [-0.1, -0.05) is 11.8 Å². The van der Waals surface area contributed by atoms with Crippen LogP contribution in [0.25, 0.3) is 11.6 Å². The zero-order valence-electron chi connectivity index (χ0n) is 15.9. The Morgan fingerprint density at radius 3 is 2.80 bits per heavy atom. The lowest BCUT2D eigenvalue weighted by atomic mass is 10.2. The van der Waals surface area contributed by atoms with E-state index in [0.717, 1.165) is 19.4 Å². The molecule has 1 aliphatic heterocycles. The van der Waals surface area contributed by atoms with Crippen LogP contribution in [-0.2, 0) is 16.1 Å². The molecular weight excluding hydrogens is 410 g/mol. The molecule has 0 radical (unpaired) electrons. The molecule has 0 bridgehead atoms. The summed E-state index contributed by atoms with van der Waals surface area (Å²) in [4.78, 5) is 22.6. The van der Waals surface area contributed by atoms with E-state index in [9.17, 15) is 14.9 Å².